The maximum atomic E-state index is 2.40. The summed E-state index contributed by atoms with van der Waals surface area (Å²) in [6.07, 6.45) is 5.51. The van der Waals surface area contributed by atoms with Gasteiger partial charge in [-0.15, -0.1) is 0 Å². The molecule has 0 heteroatoms. The number of rotatable bonds is 1. The van der Waals surface area contributed by atoms with Gasteiger partial charge in [-0.25, -0.2) is 0 Å². The average Bonchev–Trinajstić information content (AvgIpc) is 2.68. The molecular weight excluding hydrogens is 192 g/mol. The molecule has 0 aliphatic heterocycles. The van der Waals surface area contributed by atoms with E-state index in [-0.39, 0.29) is 0 Å². The molecule has 0 unspecified atom stereocenters. The summed E-state index contributed by atoms with van der Waals surface area (Å²) in [7, 11) is 0. The van der Waals surface area contributed by atoms with E-state index in [1.54, 1.807) is 5.56 Å². The van der Waals surface area contributed by atoms with Crippen LogP contribution in [0.2, 0.25) is 0 Å². The minimum atomic E-state index is 0.374. The van der Waals surface area contributed by atoms with Gasteiger partial charge in [0, 0.05) is 5.41 Å². The highest BCUT2D eigenvalue weighted by Crippen LogP contribution is 2.52. The van der Waals surface area contributed by atoms with E-state index in [2.05, 4.69) is 52.0 Å². The lowest BCUT2D eigenvalue weighted by molar-refractivity contribution is 0.187. The summed E-state index contributed by atoms with van der Waals surface area (Å²) in [6, 6.07) is 9.24. The Morgan fingerprint density at radius 3 is 1.88 bits per heavy atom. The molecule has 0 heterocycles. The van der Waals surface area contributed by atoms with Crippen LogP contribution in [0.15, 0.2) is 24.3 Å². The molecule has 0 saturated heterocycles. The number of aryl methyl sites for hydroxylation is 1. The minimum Gasteiger partial charge on any atom is -0.0593 e. The van der Waals surface area contributed by atoms with Crippen molar-refractivity contribution in [3.8, 4) is 0 Å². The van der Waals surface area contributed by atoms with Gasteiger partial charge < -0.3 is 0 Å². The third-order valence-electron chi connectivity index (χ3n) is 4.50. The lowest BCUT2D eigenvalue weighted by Gasteiger charge is -2.43. The maximum absolute atomic E-state index is 2.40. The summed E-state index contributed by atoms with van der Waals surface area (Å²) in [5.41, 5.74) is 3.72. The first-order valence-electron chi connectivity index (χ1n) is 6.53. The molecule has 0 spiro atoms. The summed E-state index contributed by atoms with van der Waals surface area (Å²) < 4.78 is 0. The fraction of sp³-hybridized carbons (Fsp3) is 0.625. The Hall–Kier alpha value is -0.780. The van der Waals surface area contributed by atoms with Gasteiger partial charge in [0.15, 0.2) is 0 Å². The Morgan fingerprint density at radius 2 is 1.44 bits per heavy atom. The number of hydrogen-bond donors (Lipinski definition) is 0. The van der Waals surface area contributed by atoms with Gasteiger partial charge in [0.05, 0.1) is 0 Å². The smallest absolute Gasteiger partial charge is 0.000149 e. The van der Waals surface area contributed by atoms with Crippen LogP contribution in [0.25, 0.3) is 0 Å². The van der Waals surface area contributed by atoms with Gasteiger partial charge in [-0.2, -0.15) is 0 Å². The summed E-state index contributed by atoms with van der Waals surface area (Å²) in [6.45, 7) is 9.37. The topological polar surface area (TPSA) is 0 Å². The highest BCUT2D eigenvalue weighted by molar-refractivity contribution is 5.31. The van der Waals surface area contributed by atoms with E-state index in [9.17, 15) is 0 Å². The molecule has 0 nitrogen and oxygen atoms in total. The van der Waals surface area contributed by atoms with Gasteiger partial charge in [0.2, 0.25) is 0 Å². The Labute approximate surface area is 100 Å². The van der Waals surface area contributed by atoms with Gasteiger partial charge in [-0.05, 0) is 30.7 Å². The molecule has 0 atom stereocenters. The van der Waals surface area contributed by atoms with Crippen molar-refractivity contribution in [2.75, 3.05) is 0 Å². The molecular formula is C16H24. The molecule has 0 bridgehead atoms. The van der Waals surface area contributed by atoms with Crippen molar-refractivity contribution in [1.29, 1.82) is 0 Å². The van der Waals surface area contributed by atoms with E-state index < -0.39 is 0 Å². The molecule has 1 aromatic rings. The van der Waals surface area contributed by atoms with Crippen LogP contribution >= 0.6 is 0 Å². The van der Waals surface area contributed by atoms with Crippen molar-refractivity contribution in [3.63, 3.8) is 0 Å². The fourth-order valence-electron chi connectivity index (χ4n) is 3.32. The number of benzene rings is 1. The molecule has 1 aromatic carbocycles. The summed E-state index contributed by atoms with van der Waals surface area (Å²) in [5, 5.41) is 0. The zero-order valence-corrected chi connectivity index (χ0v) is 11.1. The van der Waals surface area contributed by atoms with Gasteiger partial charge in [-0.3, -0.25) is 0 Å². The van der Waals surface area contributed by atoms with Gasteiger partial charge in [-0.1, -0.05) is 63.4 Å². The van der Waals surface area contributed by atoms with Crippen molar-refractivity contribution < 1.29 is 0 Å². The average molecular weight is 216 g/mol. The molecule has 88 valence electrons. The Bertz CT molecular complexity index is 345. The predicted molar refractivity (Wildman–Crippen MR) is 70.8 cm³/mol. The lowest BCUT2D eigenvalue weighted by Crippen LogP contribution is -2.37. The van der Waals surface area contributed by atoms with Crippen molar-refractivity contribution in [2.45, 2.75) is 58.8 Å². The van der Waals surface area contributed by atoms with E-state index >= 15 is 0 Å². The molecule has 16 heavy (non-hydrogen) atoms. The molecule has 0 aromatic heterocycles. The van der Waals surface area contributed by atoms with E-state index in [4.69, 9.17) is 0 Å². The second kappa shape index (κ2) is 3.91. The largest absolute Gasteiger partial charge is 0.0593 e. The molecule has 0 N–H and O–H groups in total. The zero-order chi connectivity index (χ0) is 11.8. The van der Waals surface area contributed by atoms with E-state index in [0.717, 1.165) is 0 Å². The van der Waals surface area contributed by atoms with Gasteiger partial charge in [0.25, 0.3) is 0 Å². The molecule has 0 radical (unpaired) electrons. The molecule has 2 rings (SSSR count). The Kier molecular flexibility index (Phi) is 2.86. The first kappa shape index (κ1) is 11.7. The van der Waals surface area contributed by atoms with Crippen LogP contribution in [0.4, 0.5) is 0 Å². The van der Waals surface area contributed by atoms with E-state index in [1.807, 2.05) is 0 Å². The van der Waals surface area contributed by atoms with Crippen LogP contribution in [0.5, 0.6) is 0 Å². The van der Waals surface area contributed by atoms with Gasteiger partial charge >= 0.3 is 0 Å². The third-order valence-corrected chi connectivity index (χ3v) is 4.50. The SMILES string of the molecule is Cc1ccc(C2(C(C)(C)C)CCCC2)cc1. The van der Waals surface area contributed by atoms with Crippen LogP contribution < -0.4 is 0 Å². The summed E-state index contributed by atoms with van der Waals surface area (Å²) >= 11 is 0. The molecule has 1 aliphatic carbocycles. The first-order chi connectivity index (χ1) is 7.46. The second-order valence-corrected chi connectivity index (χ2v) is 6.41. The standard InChI is InChI=1S/C16H24/c1-13-7-9-14(10-8-13)16(15(2,3)4)11-5-6-12-16/h7-10H,5-6,11-12H2,1-4H3. The Balaban J connectivity index is 2.44. The van der Waals surface area contributed by atoms with Gasteiger partial charge in [0.1, 0.15) is 0 Å². The first-order valence-corrected chi connectivity index (χ1v) is 6.53. The molecule has 1 fully saturated rings. The van der Waals surface area contributed by atoms with Crippen LogP contribution in [0.3, 0.4) is 0 Å². The minimum absolute atomic E-state index is 0.374. The maximum Gasteiger partial charge on any atom is 0.000149 e. The monoisotopic (exact) mass is 216 g/mol. The Morgan fingerprint density at radius 1 is 0.938 bits per heavy atom. The second-order valence-electron chi connectivity index (χ2n) is 6.41. The number of hydrogen-bond acceptors (Lipinski definition) is 0. The van der Waals surface area contributed by atoms with Crippen molar-refractivity contribution in [2.24, 2.45) is 5.41 Å². The summed E-state index contributed by atoms with van der Waals surface area (Å²) in [4.78, 5) is 0. The fourth-order valence-corrected chi connectivity index (χ4v) is 3.32. The summed E-state index contributed by atoms with van der Waals surface area (Å²) in [5.74, 6) is 0. The van der Waals surface area contributed by atoms with E-state index in [0.29, 0.717) is 10.8 Å². The quantitative estimate of drug-likeness (QED) is 0.629. The van der Waals surface area contributed by atoms with E-state index in [1.165, 1.54) is 31.2 Å². The van der Waals surface area contributed by atoms with Crippen molar-refractivity contribution in [3.05, 3.63) is 35.4 Å². The van der Waals surface area contributed by atoms with Crippen molar-refractivity contribution in [1.82, 2.24) is 0 Å². The lowest BCUT2D eigenvalue weighted by atomic mass is 9.61. The zero-order valence-electron chi connectivity index (χ0n) is 11.1. The molecule has 1 saturated carbocycles. The van der Waals surface area contributed by atoms with Crippen LogP contribution in [-0.2, 0) is 5.41 Å². The highest BCUT2D eigenvalue weighted by Gasteiger charge is 2.44. The van der Waals surface area contributed by atoms with Crippen LogP contribution in [0, 0.1) is 12.3 Å². The van der Waals surface area contributed by atoms with Crippen LogP contribution in [-0.4, -0.2) is 0 Å². The van der Waals surface area contributed by atoms with Crippen LogP contribution in [0.1, 0.15) is 57.6 Å². The normalized spacial score (nSPS) is 20.0. The third kappa shape index (κ3) is 1.79. The molecule has 0 amide bonds. The predicted octanol–water partition coefficient (Wildman–Crippen LogP) is 4.85. The highest BCUT2D eigenvalue weighted by atomic mass is 14.5. The molecule has 1 aliphatic rings. The van der Waals surface area contributed by atoms with Crippen molar-refractivity contribution >= 4 is 0 Å².